The van der Waals surface area contributed by atoms with E-state index >= 15 is 0 Å². The monoisotopic (exact) mass is 368 g/mol. The van der Waals surface area contributed by atoms with E-state index in [1.165, 1.54) is 12.1 Å². The molecule has 0 amide bonds. The molecule has 6 heteroatoms. The van der Waals surface area contributed by atoms with E-state index in [0.717, 1.165) is 0 Å². The van der Waals surface area contributed by atoms with Crippen LogP contribution in [0.15, 0.2) is 30.3 Å². The zero-order valence-electron chi connectivity index (χ0n) is 15.1. The molecule has 2 aromatic rings. The first-order valence-electron chi connectivity index (χ1n) is 8.73. The van der Waals surface area contributed by atoms with Crippen molar-refractivity contribution in [2.24, 2.45) is 0 Å². The van der Waals surface area contributed by atoms with Crippen LogP contribution in [-0.2, 0) is 14.3 Å². The third-order valence-corrected chi connectivity index (χ3v) is 4.65. The second-order valence-corrected chi connectivity index (χ2v) is 6.52. The maximum Gasteiger partial charge on any atom is 0.306 e. The first kappa shape index (κ1) is 18.6. The predicted octanol–water partition coefficient (Wildman–Crippen LogP) is 2.99. The van der Waals surface area contributed by atoms with Crippen LogP contribution >= 0.6 is 0 Å². The smallest absolute Gasteiger partial charge is 0.306 e. The topological polar surface area (TPSA) is 101 Å². The molecule has 140 valence electrons. The van der Waals surface area contributed by atoms with Crippen molar-refractivity contribution in [3.8, 4) is 11.5 Å². The van der Waals surface area contributed by atoms with E-state index in [1.54, 1.807) is 32.0 Å². The lowest BCUT2D eigenvalue weighted by atomic mass is 9.73. The molecule has 1 atom stereocenters. The Hall–Kier alpha value is -3.15. The third-order valence-electron chi connectivity index (χ3n) is 4.65. The number of ketones is 2. The molecule has 0 unspecified atom stereocenters. The molecule has 27 heavy (non-hydrogen) atoms. The van der Waals surface area contributed by atoms with Gasteiger partial charge < -0.3 is 14.9 Å². The Kier molecular flexibility index (Phi) is 4.99. The summed E-state index contributed by atoms with van der Waals surface area (Å²) in [6, 6.07) is 7.68. The van der Waals surface area contributed by atoms with Crippen LogP contribution in [0.3, 0.4) is 0 Å². The Morgan fingerprint density at radius 2 is 1.74 bits per heavy atom. The fourth-order valence-corrected chi connectivity index (χ4v) is 3.56. The maximum absolute atomic E-state index is 13.0. The second kappa shape index (κ2) is 7.23. The minimum atomic E-state index is -0.847. The van der Waals surface area contributed by atoms with E-state index in [0.29, 0.717) is 16.7 Å². The molecule has 0 aliphatic heterocycles. The number of esters is 1. The summed E-state index contributed by atoms with van der Waals surface area (Å²) in [6.07, 6.45) is -0.140. The summed E-state index contributed by atoms with van der Waals surface area (Å²) < 4.78 is 4.87. The van der Waals surface area contributed by atoms with Gasteiger partial charge in [0.05, 0.1) is 30.1 Å². The van der Waals surface area contributed by atoms with Gasteiger partial charge in [0.25, 0.3) is 0 Å². The number of hydrogen-bond donors (Lipinski definition) is 2. The van der Waals surface area contributed by atoms with Crippen LogP contribution in [0.1, 0.15) is 58.3 Å². The molecule has 0 aromatic heterocycles. The van der Waals surface area contributed by atoms with Gasteiger partial charge in [-0.15, -0.1) is 0 Å². The summed E-state index contributed by atoms with van der Waals surface area (Å²) in [5, 5.41) is 20.5. The highest BCUT2D eigenvalue weighted by Gasteiger charge is 2.38. The standard InChI is InChI=1S/C21H20O6/c1-3-27-17(25)8-7-15(23)18-12-5-4-6-14(22)19(12)21(26)20-13(18)9-11(2)10-16(20)24/h4-6,9-10,18,22,24H,3,7-8H2,1-2H3/t18-/m0/s1. The van der Waals surface area contributed by atoms with Crippen LogP contribution in [0.4, 0.5) is 0 Å². The van der Waals surface area contributed by atoms with Crippen LogP contribution in [0, 0.1) is 6.92 Å². The average molecular weight is 368 g/mol. The van der Waals surface area contributed by atoms with Gasteiger partial charge in [0.1, 0.15) is 17.3 Å². The molecule has 0 spiro atoms. The van der Waals surface area contributed by atoms with E-state index < -0.39 is 17.7 Å². The van der Waals surface area contributed by atoms with Crippen LogP contribution in [0.25, 0.3) is 0 Å². The molecule has 2 N–H and O–H groups in total. The molecule has 0 heterocycles. The zero-order chi connectivity index (χ0) is 19.7. The largest absolute Gasteiger partial charge is 0.507 e. The summed E-state index contributed by atoms with van der Waals surface area (Å²) in [7, 11) is 0. The van der Waals surface area contributed by atoms with Crippen LogP contribution < -0.4 is 0 Å². The summed E-state index contributed by atoms with van der Waals surface area (Å²) in [5.41, 5.74) is 1.50. The van der Waals surface area contributed by atoms with Crippen LogP contribution in [-0.4, -0.2) is 34.4 Å². The molecular weight excluding hydrogens is 348 g/mol. The number of rotatable bonds is 5. The lowest BCUT2D eigenvalue weighted by molar-refractivity contribution is -0.144. The highest BCUT2D eigenvalue weighted by molar-refractivity contribution is 6.18. The number of ether oxygens (including phenoxy) is 1. The van der Waals surface area contributed by atoms with Crippen molar-refractivity contribution in [3.05, 3.63) is 58.1 Å². The van der Waals surface area contributed by atoms with E-state index in [4.69, 9.17) is 4.74 Å². The molecular formula is C21H20O6. The number of carbonyl (C=O) groups is 3. The average Bonchev–Trinajstić information content (AvgIpc) is 2.59. The molecule has 1 aliphatic carbocycles. The lowest BCUT2D eigenvalue weighted by Crippen LogP contribution is -2.26. The van der Waals surface area contributed by atoms with Crippen molar-refractivity contribution < 1.29 is 29.3 Å². The summed E-state index contributed by atoms with van der Waals surface area (Å²) >= 11 is 0. The number of fused-ring (bicyclic) bond motifs is 2. The zero-order valence-corrected chi connectivity index (χ0v) is 15.1. The number of phenolic OH excluding ortho intramolecular Hbond substituents is 2. The number of benzene rings is 2. The van der Waals surface area contributed by atoms with Gasteiger partial charge in [0.2, 0.25) is 5.78 Å². The quantitative estimate of drug-likeness (QED) is 0.787. The molecule has 3 rings (SSSR count). The second-order valence-electron chi connectivity index (χ2n) is 6.52. The molecule has 0 radical (unpaired) electrons. The van der Waals surface area contributed by atoms with Crippen molar-refractivity contribution in [1.29, 1.82) is 0 Å². The van der Waals surface area contributed by atoms with Gasteiger partial charge in [0, 0.05) is 6.42 Å². The number of aromatic hydroxyl groups is 2. The summed E-state index contributed by atoms with van der Waals surface area (Å²) in [6.45, 7) is 3.67. The summed E-state index contributed by atoms with van der Waals surface area (Å²) in [5.74, 6) is -2.60. The Balaban J connectivity index is 2.10. The number of aryl methyl sites for hydroxylation is 1. The van der Waals surface area contributed by atoms with E-state index in [1.807, 2.05) is 0 Å². The van der Waals surface area contributed by atoms with Gasteiger partial charge in [-0.25, -0.2) is 0 Å². The molecule has 6 nitrogen and oxygen atoms in total. The maximum atomic E-state index is 13.0. The Morgan fingerprint density at radius 1 is 1.04 bits per heavy atom. The van der Waals surface area contributed by atoms with E-state index in [-0.39, 0.29) is 47.9 Å². The molecule has 1 aliphatic rings. The lowest BCUT2D eigenvalue weighted by Gasteiger charge is -2.28. The van der Waals surface area contributed by atoms with E-state index in [2.05, 4.69) is 0 Å². The van der Waals surface area contributed by atoms with E-state index in [9.17, 15) is 24.6 Å². The highest BCUT2D eigenvalue weighted by atomic mass is 16.5. The van der Waals surface area contributed by atoms with Gasteiger partial charge in [-0.2, -0.15) is 0 Å². The first-order chi connectivity index (χ1) is 12.8. The van der Waals surface area contributed by atoms with Crippen molar-refractivity contribution in [2.45, 2.75) is 32.6 Å². The van der Waals surface area contributed by atoms with Gasteiger partial charge in [-0.3, -0.25) is 14.4 Å². The Morgan fingerprint density at radius 3 is 2.44 bits per heavy atom. The molecule has 0 saturated carbocycles. The van der Waals surface area contributed by atoms with Gasteiger partial charge >= 0.3 is 5.97 Å². The minimum absolute atomic E-state index is 0.0126. The van der Waals surface area contributed by atoms with Crippen LogP contribution in [0.5, 0.6) is 11.5 Å². The van der Waals surface area contributed by atoms with Crippen molar-refractivity contribution in [3.63, 3.8) is 0 Å². The minimum Gasteiger partial charge on any atom is -0.507 e. The van der Waals surface area contributed by atoms with Crippen molar-refractivity contribution >= 4 is 17.5 Å². The molecule has 0 bridgehead atoms. The SMILES string of the molecule is CCOC(=O)CCC(=O)[C@H]1c2cccc(O)c2C(=O)c2c(O)cc(C)cc21. The predicted molar refractivity (Wildman–Crippen MR) is 97.1 cm³/mol. The van der Waals surface area contributed by atoms with Gasteiger partial charge in [-0.1, -0.05) is 18.2 Å². The number of hydrogen-bond acceptors (Lipinski definition) is 6. The number of Topliss-reactive ketones (excluding diaryl/α,β-unsaturated/α-hetero) is 1. The van der Waals surface area contributed by atoms with Crippen LogP contribution in [0.2, 0.25) is 0 Å². The van der Waals surface area contributed by atoms with Crippen molar-refractivity contribution in [2.75, 3.05) is 6.61 Å². The fourth-order valence-electron chi connectivity index (χ4n) is 3.56. The Labute approximate surface area is 156 Å². The Bertz CT molecular complexity index is 944. The highest BCUT2D eigenvalue weighted by Crippen LogP contribution is 2.44. The van der Waals surface area contributed by atoms with Crippen molar-refractivity contribution in [1.82, 2.24) is 0 Å². The fraction of sp³-hybridized carbons (Fsp3) is 0.286. The molecule has 2 aromatic carbocycles. The molecule has 0 saturated heterocycles. The summed E-state index contributed by atoms with van der Waals surface area (Å²) in [4.78, 5) is 37.5. The van der Waals surface area contributed by atoms with Gasteiger partial charge in [-0.05, 0) is 42.7 Å². The number of carbonyl (C=O) groups excluding carboxylic acids is 3. The number of phenols is 2. The normalized spacial score (nSPS) is 15.0. The third kappa shape index (κ3) is 3.30. The molecule has 0 fully saturated rings. The van der Waals surface area contributed by atoms with Gasteiger partial charge in [0.15, 0.2) is 0 Å². The first-order valence-corrected chi connectivity index (χ1v) is 8.73.